The molecule has 4 aromatic rings. The zero-order chi connectivity index (χ0) is 31.2. The van der Waals surface area contributed by atoms with Crippen molar-refractivity contribution < 1.29 is 0 Å². The van der Waals surface area contributed by atoms with Crippen molar-refractivity contribution in [1.29, 1.82) is 0 Å². The Morgan fingerprint density at radius 1 is 0.889 bits per heavy atom. The molecule has 0 atom stereocenters. The van der Waals surface area contributed by atoms with Crippen LogP contribution in [0.5, 0.6) is 0 Å². The van der Waals surface area contributed by atoms with Crippen LogP contribution < -0.4 is 10.6 Å². The number of fused-ring (bicyclic) bond motifs is 1. The molecule has 0 heterocycles. The highest BCUT2D eigenvalue weighted by molar-refractivity contribution is 6.13. The molecule has 45 heavy (non-hydrogen) atoms. The SMILES string of the molecule is C=Cc1c(-c2ccc(N(C)C(/C=C(/C3=CC=CCC3)c3ccccc3)=N/CN)c(-c3ccccc3)c2C)ccc2c1C=CCC2. The molecule has 0 radical (unpaired) electrons. The normalized spacial score (nSPS) is 14.6. The maximum absolute atomic E-state index is 6.12. The number of benzene rings is 4. The van der Waals surface area contributed by atoms with E-state index in [-0.39, 0.29) is 6.67 Å². The van der Waals surface area contributed by atoms with Gasteiger partial charge in [-0.05, 0) is 100 Å². The summed E-state index contributed by atoms with van der Waals surface area (Å²) < 4.78 is 0. The van der Waals surface area contributed by atoms with Gasteiger partial charge in [0, 0.05) is 12.6 Å². The van der Waals surface area contributed by atoms with Crippen LogP contribution in [0.2, 0.25) is 0 Å². The van der Waals surface area contributed by atoms with Crippen LogP contribution in [-0.2, 0) is 6.42 Å². The summed E-state index contributed by atoms with van der Waals surface area (Å²) in [5, 5.41) is 0. The Hall–Kier alpha value is -4.99. The van der Waals surface area contributed by atoms with Gasteiger partial charge in [-0.2, -0.15) is 0 Å². The van der Waals surface area contributed by atoms with E-state index in [4.69, 9.17) is 10.7 Å². The van der Waals surface area contributed by atoms with Gasteiger partial charge in [-0.3, -0.25) is 4.99 Å². The number of likely N-dealkylation sites (N-methyl/N-ethyl adjacent to an activating group) is 1. The Morgan fingerprint density at radius 2 is 1.62 bits per heavy atom. The van der Waals surface area contributed by atoms with Gasteiger partial charge in [0.1, 0.15) is 5.84 Å². The van der Waals surface area contributed by atoms with E-state index in [1.807, 2.05) is 6.08 Å². The predicted octanol–water partition coefficient (Wildman–Crippen LogP) is 10.0. The zero-order valence-electron chi connectivity index (χ0n) is 26.3. The molecule has 0 saturated carbocycles. The Kier molecular flexibility index (Phi) is 9.19. The lowest BCUT2D eigenvalue weighted by Crippen LogP contribution is -2.27. The van der Waals surface area contributed by atoms with Crippen LogP contribution in [0.4, 0.5) is 5.69 Å². The van der Waals surface area contributed by atoms with Gasteiger partial charge < -0.3 is 10.6 Å². The van der Waals surface area contributed by atoms with Crippen molar-refractivity contribution in [2.45, 2.75) is 32.6 Å². The summed E-state index contributed by atoms with van der Waals surface area (Å²) in [6.07, 6.45) is 19.5. The molecule has 3 nitrogen and oxygen atoms in total. The van der Waals surface area contributed by atoms with Gasteiger partial charge in [0.25, 0.3) is 0 Å². The minimum absolute atomic E-state index is 0.195. The molecule has 0 aromatic heterocycles. The van der Waals surface area contributed by atoms with Crippen molar-refractivity contribution in [3.63, 3.8) is 0 Å². The van der Waals surface area contributed by atoms with Crippen LogP contribution in [-0.4, -0.2) is 19.6 Å². The van der Waals surface area contributed by atoms with Crippen molar-refractivity contribution in [3.8, 4) is 22.3 Å². The quantitative estimate of drug-likeness (QED) is 0.165. The first-order valence-electron chi connectivity index (χ1n) is 15.9. The third-order valence-electron chi connectivity index (χ3n) is 8.92. The molecule has 0 bridgehead atoms. The topological polar surface area (TPSA) is 41.6 Å². The third-order valence-corrected chi connectivity index (χ3v) is 8.92. The zero-order valence-corrected chi connectivity index (χ0v) is 26.3. The Bertz CT molecular complexity index is 1850. The average molecular weight is 588 g/mol. The van der Waals surface area contributed by atoms with Gasteiger partial charge in [-0.1, -0.05) is 122 Å². The van der Waals surface area contributed by atoms with Crippen molar-refractivity contribution >= 4 is 29.2 Å². The van der Waals surface area contributed by atoms with E-state index in [0.717, 1.165) is 42.8 Å². The van der Waals surface area contributed by atoms with E-state index in [9.17, 15) is 0 Å². The molecule has 0 fully saturated rings. The highest BCUT2D eigenvalue weighted by atomic mass is 15.2. The lowest BCUT2D eigenvalue weighted by molar-refractivity contribution is 0.985. The molecule has 3 heteroatoms. The number of hydrogen-bond acceptors (Lipinski definition) is 2. The molecule has 2 aliphatic carbocycles. The first kappa shape index (κ1) is 30.1. The molecule has 224 valence electrons. The number of aliphatic imine (C=N–C) groups is 1. The summed E-state index contributed by atoms with van der Waals surface area (Å²) in [6.45, 7) is 6.66. The highest BCUT2D eigenvalue weighted by Crippen LogP contribution is 2.42. The van der Waals surface area contributed by atoms with Crippen molar-refractivity contribution in [3.05, 3.63) is 155 Å². The molecule has 4 aromatic carbocycles. The molecule has 0 saturated heterocycles. The second-order valence-electron chi connectivity index (χ2n) is 11.6. The minimum Gasteiger partial charge on any atom is -0.329 e. The number of rotatable bonds is 8. The van der Waals surface area contributed by atoms with Crippen molar-refractivity contribution in [1.82, 2.24) is 0 Å². The second-order valence-corrected chi connectivity index (χ2v) is 11.6. The lowest BCUT2D eigenvalue weighted by atomic mass is 9.84. The van der Waals surface area contributed by atoms with E-state index >= 15 is 0 Å². The average Bonchev–Trinajstić information content (AvgIpc) is 3.10. The molecule has 0 amide bonds. The summed E-state index contributed by atoms with van der Waals surface area (Å²) in [6, 6.07) is 30.3. The molecule has 0 spiro atoms. The fourth-order valence-electron chi connectivity index (χ4n) is 6.63. The van der Waals surface area contributed by atoms with E-state index in [2.05, 4.69) is 147 Å². The number of aryl methyl sites for hydroxylation is 1. The minimum atomic E-state index is 0.195. The molecule has 6 rings (SSSR count). The molecular weight excluding hydrogens is 546 g/mol. The summed E-state index contributed by atoms with van der Waals surface area (Å²) >= 11 is 0. The third kappa shape index (κ3) is 6.18. The van der Waals surface area contributed by atoms with Crippen LogP contribution in [0.25, 0.3) is 40.0 Å². The fraction of sp³-hybridized carbons (Fsp3) is 0.167. The van der Waals surface area contributed by atoms with Crippen LogP contribution in [0, 0.1) is 6.92 Å². The smallest absolute Gasteiger partial charge is 0.129 e. The number of allylic oxidation sites excluding steroid dienone is 6. The maximum atomic E-state index is 6.12. The van der Waals surface area contributed by atoms with Crippen LogP contribution in [0.3, 0.4) is 0 Å². The Morgan fingerprint density at radius 3 is 2.33 bits per heavy atom. The summed E-state index contributed by atoms with van der Waals surface area (Å²) in [4.78, 5) is 7.05. The summed E-state index contributed by atoms with van der Waals surface area (Å²) in [5.41, 5.74) is 20.7. The summed E-state index contributed by atoms with van der Waals surface area (Å²) in [7, 11) is 2.10. The maximum Gasteiger partial charge on any atom is 0.129 e. The van der Waals surface area contributed by atoms with Gasteiger partial charge in [0.15, 0.2) is 0 Å². The van der Waals surface area contributed by atoms with Gasteiger partial charge in [-0.25, -0.2) is 0 Å². The van der Waals surface area contributed by atoms with E-state index in [1.165, 1.54) is 55.7 Å². The van der Waals surface area contributed by atoms with Gasteiger partial charge in [0.05, 0.1) is 12.4 Å². The molecule has 0 aliphatic heterocycles. The first-order valence-corrected chi connectivity index (χ1v) is 15.9. The molecule has 2 N–H and O–H groups in total. The summed E-state index contributed by atoms with van der Waals surface area (Å²) in [5.74, 6) is 0.821. The van der Waals surface area contributed by atoms with E-state index in [1.54, 1.807) is 0 Å². The Balaban J connectivity index is 1.52. The largest absolute Gasteiger partial charge is 0.329 e. The Labute approximate surface area is 268 Å². The second kappa shape index (κ2) is 13.8. The van der Waals surface area contributed by atoms with Crippen LogP contribution in [0.1, 0.15) is 47.1 Å². The molecule has 0 unspecified atom stereocenters. The first-order chi connectivity index (χ1) is 22.1. The molecular formula is C42H41N3. The number of nitrogens with zero attached hydrogens (tertiary/aromatic N) is 2. The highest BCUT2D eigenvalue weighted by Gasteiger charge is 2.21. The van der Waals surface area contributed by atoms with E-state index < -0.39 is 0 Å². The van der Waals surface area contributed by atoms with E-state index in [0.29, 0.717) is 0 Å². The lowest BCUT2D eigenvalue weighted by Gasteiger charge is -2.27. The van der Waals surface area contributed by atoms with Gasteiger partial charge in [0.2, 0.25) is 0 Å². The predicted molar refractivity (Wildman–Crippen MR) is 195 cm³/mol. The number of nitrogens with two attached hydrogens (primary N) is 1. The number of amidine groups is 1. The fourth-order valence-corrected chi connectivity index (χ4v) is 6.63. The van der Waals surface area contributed by atoms with Gasteiger partial charge in [-0.15, -0.1) is 0 Å². The number of anilines is 1. The van der Waals surface area contributed by atoms with Crippen molar-refractivity contribution in [2.24, 2.45) is 10.7 Å². The monoisotopic (exact) mass is 587 g/mol. The number of hydrogen-bond donors (Lipinski definition) is 1. The van der Waals surface area contributed by atoms with Crippen LogP contribution >= 0.6 is 0 Å². The standard InChI is InChI=1S/C42H41N3/c1-4-35-37-23-15-14-20-33(37)24-25-38(35)36-26-27-40(42(30(36)2)34-21-12-7-13-22-34)45(3)41(44-29-43)28-39(31-16-8-5-9-17-31)32-18-10-6-11-19-32/h4-10,12-13,15-18,21-28H,1,11,14,19-20,29,43H2,2-3H3/b39-28+,44-41+. The van der Waals surface area contributed by atoms with Crippen LogP contribution in [0.15, 0.2) is 132 Å². The van der Waals surface area contributed by atoms with Crippen molar-refractivity contribution in [2.75, 3.05) is 18.6 Å². The molecule has 2 aliphatic rings. The van der Waals surface area contributed by atoms with Gasteiger partial charge >= 0.3 is 0 Å².